The fraction of sp³-hybridized carbons (Fsp3) is 0.500. The maximum Gasteiger partial charge on any atom is 0.293 e. The van der Waals surface area contributed by atoms with Crippen molar-refractivity contribution in [3.8, 4) is 6.07 Å². The van der Waals surface area contributed by atoms with E-state index in [0.29, 0.717) is 49.4 Å². The van der Waals surface area contributed by atoms with E-state index in [9.17, 15) is 18.5 Å². The predicted octanol–water partition coefficient (Wildman–Crippen LogP) is 2.41. The van der Waals surface area contributed by atoms with Gasteiger partial charge < -0.3 is 10.6 Å². The highest BCUT2D eigenvalue weighted by molar-refractivity contribution is 7.89. The van der Waals surface area contributed by atoms with E-state index in [4.69, 9.17) is 11.0 Å². The molecule has 1 aliphatic heterocycles. The molecule has 1 aliphatic rings. The molecule has 3 rings (SSSR count). The largest absolute Gasteiger partial charge is 0.381 e. The number of sulfonamides is 1. The molecule has 2 aromatic rings. The van der Waals surface area contributed by atoms with Crippen LogP contribution in [-0.4, -0.2) is 54.5 Å². The fourth-order valence-corrected chi connectivity index (χ4v) is 5.41. The van der Waals surface area contributed by atoms with Gasteiger partial charge >= 0.3 is 0 Å². The van der Waals surface area contributed by atoms with Crippen LogP contribution in [0.4, 0.5) is 17.2 Å². The number of hydrogen-bond donors (Lipinski definition) is 2. The molecule has 1 fully saturated rings. The number of aryl methyl sites for hydroxylation is 1. The second-order valence-corrected chi connectivity index (χ2v) is 9.76. The summed E-state index contributed by atoms with van der Waals surface area (Å²) >= 11 is 0. The third-order valence-electron chi connectivity index (χ3n) is 5.66. The molecule has 3 N–H and O–H groups in total. The van der Waals surface area contributed by atoms with Crippen molar-refractivity contribution >= 4 is 27.2 Å². The van der Waals surface area contributed by atoms with E-state index in [0.717, 1.165) is 31.7 Å². The van der Waals surface area contributed by atoms with Crippen molar-refractivity contribution < 1.29 is 13.3 Å². The Morgan fingerprint density at radius 1 is 1.31 bits per heavy atom. The molecular formula is C20H27N7O4S. The van der Waals surface area contributed by atoms with E-state index in [2.05, 4.69) is 10.2 Å². The highest BCUT2D eigenvalue weighted by Gasteiger charge is 2.28. The Labute approximate surface area is 187 Å². The maximum atomic E-state index is 13.0. The predicted molar refractivity (Wildman–Crippen MR) is 120 cm³/mol. The Morgan fingerprint density at radius 2 is 2.00 bits per heavy atom. The molecule has 0 aliphatic carbocycles. The van der Waals surface area contributed by atoms with Gasteiger partial charge in [-0.15, -0.1) is 0 Å². The topological polar surface area (TPSA) is 162 Å². The number of nitrogens with zero attached hydrogens (tertiary/aromatic N) is 5. The zero-order chi connectivity index (χ0) is 23.3. The summed E-state index contributed by atoms with van der Waals surface area (Å²) < 4.78 is 27.5. The molecule has 1 saturated heterocycles. The van der Waals surface area contributed by atoms with Gasteiger partial charge in [0.05, 0.1) is 15.5 Å². The zero-order valence-electron chi connectivity index (χ0n) is 18.0. The van der Waals surface area contributed by atoms with Gasteiger partial charge in [0.15, 0.2) is 5.82 Å². The van der Waals surface area contributed by atoms with Gasteiger partial charge in [-0.05, 0) is 37.8 Å². The number of nitrogen functional groups attached to an aromatic ring is 1. The molecule has 0 saturated carbocycles. The Balaban J connectivity index is 1.76. The van der Waals surface area contributed by atoms with Gasteiger partial charge in [-0.25, -0.2) is 8.42 Å². The summed E-state index contributed by atoms with van der Waals surface area (Å²) in [4.78, 5) is 12.8. The third kappa shape index (κ3) is 5.00. The van der Waals surface area contributed by atoms with E-state index in [1.165, 1.54) is 16.4 Å². The van der Waals surface area contributed by atoms with Crippen LogP contribution in [0, 0.1) is 21.4 Å². The molecule has 172 valence electrons. The summed E-state index contributed by atoms with van der Waals surface area (Å²) in [6.45, 7) is 1.31. The van der Waals surface area contributed by atoms with Crippen molar-refractivity contribution in [3.05, 3.63) is 39.6 Å². The number of nitro benzene ring substituents is 1. The number of hydrogen-bond acceptors (Lipinski definition) is 8. The van der Waals surface area contributed by atoms with Crippen molar-refractivity contribution in [1.29, 1.82) is 5.26 Å². The molecule has 12 heteroatoms. The SMILES string of the molecule is CN(CCCc1[nH]nc(N)c1C#N)c1ccc(S(=O)(=O)N2CCCCCC2)cc1[N+](=O)[O-]. The standard InChI is InChI=1S/C20H27N7O4S/c1-25(10-6-7-17-16(14-21)20(22)24-23-17)18-9-8-15(13-19(18)27(28)29)32(30,31)26-11-4-2-3-5-12-26/h8-9,13H,2-7,10-12H2,1H3,(H3,22,23,24). The van der Waals surface area contributed by atoms with Crippen LogP contribution in [0.25, 0.3) is 0 Å². The maximum absolute atomic E-state index is 13.0. The Hall–Kier alpha value is -3.17. The number of aromatic amines is 1. The number of aromatic nitrogens is 2. The minimum absolute atomic E-state index is 0.0603. The van der Waals surface area contributed by atoms with E-state index in [-0.39, 0.29) is 16.4 Å². The van der Waals surface area contributed by atoms with Crippen molar-refractivity contribution in [1.82, 2.24) is 14.5 Å². The van der Waals surface area contributed by atoms with E-state index >= 15 is 0 Å². The van der Waals surface area contributed by atoms with Gasteiger partial charge in [0, 0.05) is 32.7 Å². The normalized spacial score (nSPS) is 15.1. The monoisotopic (exact) mass is 461 g/mol. The molecule has 0 radical (unpaired) electrons. The van der Waals surface area contributed by atoms with Crippen LogP contribution in [-0.2, 0) is 16.4 Å². The summed E-state index contributed by atoms with van der Waals surface area (Å²) in [7, 11) is -2.08. The van der Waals surface area contributed by atoms with Crippen LogP contribution in [0.3, 0.4) is 0 Å². The van der Waals surface area contributed by atoms with Gasteiger partial charge in [0.2, 0.25) is 10.0 Å². The summed E-state index contributed by atoms with van der Waals surface area (Å²) in [6, 6.07) is 6.07. The van der Waals surface area contributed by atoms with E-state index in [1.54, 1.807) is 11.9 Å². The number of nitro groups is 1. The molecule has 0 amide bonds. The molecule has 1 aromatic carbocycles. The second kappa shape index (κ2) is 9.97. The third-order valence-corrected chi connectivity index (χ3v) is 7.55. The highest BCUT2D eigenvalue weighted by atomic mass is 32.2. The number of H-pyrrole nitrogens is 1. The van der Waals surface area contributed by atoms with Gasteiger partial charge in [-0.1, -0.05) is 12.8 Å². The zero-order valence-corrected chi connectivity index (χ0v) is 18.8. The first kappa shape index (κ1) is 23.5. The quantitative estimate of drug-likeness (QED) is 0.447. The molecule has 0 bridgehead atoms. The molecule has 32 heavy (non-hydrogen) atoms. The number of benzene rings is 1. The highest BCUT2D eigenvalue weighted by Crippen LogP contribution is 2.32. The summed E-state index contributed by atoms with van der Waals surface area (Å²) in [5.74, 6) is 0.146. The number of nitrogens with one attached hydrogen (secondary N) is 1. The number of nitrogens with two attached hydrogens (primary N) is 1. The average Bonchev–Trinajstić information content (AvgIpc) is 2.95. The van der Waals surface area contributed by atoms with Gasteiger partial charge in [-0.3, -0.25) is 15.2 Å². The van der Waals surface area contributed by atoms with Gasteiger partial charge in [0.25, 0.3) is 5.69 Å². The number of rotatable bonds is 8. The average molecular weight is 462 g/mol. The van der Waals surface area contributed by atoms with Crippen LogP contribution in [0.5, 0.6) is 0 Å². The molecule has 11 nitrogen and oxygen atoms in total. The van der Waals surface area contributed by atoms with Crippen LogP contribution in [0.1, 0.15) is 43.4 Å². The molecule has 0 unspecified atom stereocenters. The van der Waals surface area contributed by atoms with Crippen molar-refractivity contribution in [2.75, 3.05) is 37.3 Å². The summed E-state index contributed by atoms with van der Waals surface area (Å²) in [5.41, 5.74) is 6.63. The summed E-state index contributed by atoms with van der Waals surface area (Å²) in [6.07, 6.45) is 4.62. The first-order valence-corrected chi connectivity index (χ1v) is 11.9. The van der Waals surface area contributed by atoms with Gasteiger partial charge in [-0.2, -0.15) is 14.7 Å². The van der Waals surface area contributed by atoms with Crippen molar-refractivity contribution in [2.24, 2.45) is 0 Å². The smallest absolute Gasteiger partial charge is 0.293 e. The number of anilines is 2. The van der Waals surface area contributed by atoms with Crippen LogP contribution < -0.4 is 10.6 Å². The lowest BCUT2D eigenvalue weighted by Gasteiger charge is -2.22. The fourth-order valence-electron chi connectivity index (χ4n) is 3.88. The van der Waals surface area contributed by atoms with Crippen LogP contribution >= 0.6 is 0 Å². The molecule has 2 heterocycles. The Kier molecular flexibility index (Phi) is 7.32. The van der Waals surface area contributed by atoms with E-state index in [1.807, 2.05) is 6.07 Å². The van der Waals surface area contributed by atoms with Gasteiger partial charge in [0.1, 0.15) is 17.3 Å². The molecule has 0 spiro atoms. The number of nitriles is 1. The minimum atomic E-state index is -3.79. The summed E-state index contributed by atoms with van der Waals surface area (Å²) in [5, 5.41) is 27.4. The van der Waals surface area contributed by atoms with Crippen molar-refractivity contribution in [3.63, 3.8) is 0 Å². The second-order valence-electron chi connectivity index (χ2n) is 7.83. The lowest BCUT2D eigenvalue weighted by Crippen LogP contribution is -2.32. The molecule has 0 atom stereocenters. The van der Waals surface area contributed by atoms with Crippen LogP contribution in [0.15, 0.2) is 23.1 Å². The lowest BCUT2D eigenvalue weighted by atomic mass is 10.1. The molecule has 1 aromatic heterocycles. The van der Waals surface area contributed by atoms with Crippen LogP contribution in [0.2, 0.25) is 0 Å². The Bertz CT molecular complexity index is 1120. The van der Waals surface area contributed by atoms with Crippen molar-refractivity contribution in [2.45, 2.75) is 43.4 Å². The first-order valence-electron chi connectivity index (χ1n) is 10.5. The molecular weight excluding hydrogens is 434 g/mol. The van der Waals surface area contributed by atoms with E-state index < -0.39 is 14.9 Å². The minimum Gasteiger partial charge on any atom is -0.381 e. The lowest BCUT2D eigenvalue weighted by molar-refractivity contribution is -0.384. The first-order chi connectivity index (χ1) is 15.3. The Morgan fingerprint density at radius 3 is 2.62 bits per heavy atom.